The van der Waals surface area contributed by atoms with Crippen LogP contribution in [0.15, 0.2) is 42.6 Å². The van der Waals surface area contributed by atoms with Crippen LogP contribution in [0.4, 0.5) is 11.5 Å². The van der Waals surface area contributed by atoms with Gasteiger partial charge in [0.2, 0.25) is 0 Å². The van der Waals surface area contributed by atoms with E-state index in [4.69, 9.17) is 5.73 Å². The van der Waals surface area contributed by atoms with Gasteiger partial charge in [0.05, 0.1) is 5.56 Å². The summed E-state index contributed by atoms with van der Waals surface area (Å²) in [6.45, 7) is 0.697. The zero-order chi connectivity index (χ0) is 13.9. The molecule has 4 heteroatoms. The van der Waals surface area contributed by atoms with Crippen LogP contribution in [-0.4, -0.2) is 11.0 Å². The highest BCUT2D eigenvalue weighted by Gasteiger charge is 2.31. The maximum atomic E-state index is 9.25. The summed E-state index contributed by atoms with van der Waals surface area (Å²) in [4.78, 5) is 6.60. The molecular weight excluding hydrogens is 248 g/mol. The molecule has 100 valence electrons. The number of pyridine rings is 1. The Kier molecular flexibility index (Phi) is 3.26. The fraction of sp³-hybridized carbons (Fsp3) is 0.250. The number of hydrogen-bond acceptors (Lipinski definition) is 4. The number of hydrogen-bond donors (Lipinski definition) is 1. The highest BCUT2D eigenvalue weighted by molar-refractivity contribution is 5.57. The minimum absolute atomic E-state index is 0.469. The highest BCUT2D eigenvalue weighted by atomic mass is 15.2. The second kappa shape index (κ2) is 5.22. The molecule has 20 heavy (non-hydrogen) atoms. The number of para-hydroxylation sites is 1. The van der Waals surface area contributed by atoms with Gasteiger partial charge in [-0.25, -0.2) is 4.98 Å². The predicted octanol–water partition coefficient (Wildman–Crippen LogP) is 2.70. The Hall–Kier alpha value is -2.54. The van der Waals surface area contributed by atoms with Crippen molar-refractivity contribution in [3.05, 3.63) is 53.7 Å². The minimum Gasteiger partial charge on any atom is -0.398 e. The Morgan fingerprint density at radius 1 is 1.25 bits per heavy atom. The Morgan fingerprint density at radius 2 is 2.05 bits per heavy atom. The van der Waals surface area contributed by atoms with E-state index >= 15 is 0 Å². The summed E-state index contributed by atoms with van der Waals surface area (Å²) in [7, 11) is 0. The molecule has 1 fully saturated rings. The molecule has 0 saturated heterocycles. The lowest BCUT2D eigenvalue weighted by Crippen LogP contribution is -2.27. The molecular formula is C16H16N4. The highest BCUT2D eigenvalue weighted by Crippen LogP contribution is 2.34. The van der Waals surface area contributed by atoms with Gasteiger partial charge in [0.25, 0.3) is 0 Å². The van der Waals surface area contributed by atoms with Crippen molar-refractivity contribution < 1.29 is 0 Å². The number of aromatic nitrogens is 1. The number of nitriles is 1. The van der Waals surface area contributed by atoms with E-state index in [-0.39, 0.29) is 0 Å². The molecule has 1 aromatic heterocycles. The summed E-state index contributed by atoms with van der Waals surface area (Å²) in [6, 6.07) is 14.2. The summed E-state index contributed by atoms with van der Waals surface area (Å²) >= 11 is 0. The molecule has 0 radical (unpaired) electrons. The average molecular weight is 264 g/mol. The zero-order valence-electron chi connectivity index (χ0n) is 11.2. The lowest BCUT2D eigenvalue weighted by atomic mass is 10.1. The molecule has 1 aliphatic carbocycles. The third-order valence-corrected chi connectivity index (χ3v) is 3.56. The summed E-state index contributed by atoms with van der Waals surface area (Å²) in [5.41, 5.74) is 8.51. The summed E-state index contributed by atoms with van der Waals surface area (Å²) in [5, 5.41) is 9.25. The van der Waals surface area contributed by atoms with Crippen LogP contribution in [0.3, 0.4) is 0 Å². The molecule has 2 aromatic rings. The van der Waals surface area contributed by atoms with Crippen molar-refractivity contribution in [3.63, 3.8) is 0 Å². The molecule has 0 bridgehead atoms. The van der Waals surface area contributed by atoms with Gasteiger partial charge in [0.1, 0.15) is 11.9 Å². The molecule has 0 spiro atoms. The number of benzene rings is 1. The fourth-order valence-electron chi connectivity index (χ4n) is 2.34. The van der Waals surface area contributed by atoms with E-state index in [1.54, 1.807) is 12.3 Å². The van der Waals surface area contributed by atoms with Crippen molar-refractivity contribution in [2.45, 2.75) is 25.4 Å². The van der Waals surface area contributed by atoms with Crippen LogP contribution >= 0.6 is 0 Å². The van der Waals surface area contributed by atoms with Gasteiger partial charge >= 0.3 is 0 Å². The Labute approximate surface area is 118 Å². The SMILES string of the molecule is N#Cc1cccnc1N(Cc1ccccc1N)C1CC1. The van der Waals surface area contributed by atoms with E-state index in [0.29, 0.717) is 18.2 Å². The van der Waals surface area contributed by atoms with Crippen LogP contribution in [0.1, 0.15) is 24.0 Å². The van der Waals surface area contributed by atoms with Crippen molar-refractivity contribution in [1.29, 1.82) is 5.26 Å². The van der Waals surface area contributed by atoms with Crippen molar-refractivity contribution in [2.75, 3.05) is 10.6 Å². The quantitative estimate of drug-likeness (QED) is 0.862. The maximum Gasteiger partial charge on any atom is 0.147 e. The number of nitrogens with zero attached hydrogens (tertiary/aromatic N) is 3. The number of nitrogens with two attached hydrogens (primary N) is 1. The predicted molar refractivity (Wildman–Crippen MR) is 79.0 cm³/mol. The van der Waals surface area contributed by atoms with Gasteiger partial charge in [0.15, 0.2) is 0 Å². The Bertz CT molecular complexity index is 656. The van der Waals surface area contributed by atoms with E-state index in [1.165, 1.54) is 0 Å². The molecule has 0 amide bonds. The second-order valence-corrected chi connectivity index (χ2v) is 5.04. The monoisotopic (exact) mass is 264 g/mol. The van der Waals surface area contributed by atoms with Crippen molar-refractivity contribution in [1.82, 2.24) is 4.98 Å². The fourth-order valence-corrected chi connectivity index (χ4v) is 2.34. The van der Waals surface area contributed by atoms with Crippen molar-refractivity contribution in [3.8, 4) is 6.07 Å². The lowest BCUT2D eigenvalue weighted by Gasteiger charge is -2.25. The van der Waals surface area contributed by atoms with Gasteiger partial charge in [-0.2, -0.15) is 5.26 Å². The van der Waals surface area contributed by atoms with E-state index < -0.39 is 0 Å². The molecule has 1 saturated carbocycles. The first-order valence-electron chi connectivity index (χ1n) is 6.74. The molecule has 0 atom stereocenters. The molecule has 0 unspecified atom stereocenters. The largest absolute Gasteiger partial charge is 0.398 e. The van der Waals surface area contributed by atoms with Crippen LogP contribution in [0.5, 0.6) is 0 Å². The first-order valence-corrected chi connectivity index (χ1v) is 6.74. The number of rotatable bonds is 4. The van der Waals surface area contributed by atoms with Gasteiger partial charge in [-0.15, -0.1) is 0 Å². The van der Waals surface area contributed by atoms with Gasteiger partial charge in [-0.1, -0.05) is 18.2 Å². The third kappa shape index (κ3) is 2.43. The summed E-state index contributed by atoms with van der Waals surface area (Å²) < 4.78 is 0. The van der Waals surface area contributed by atoms with E-state index in [9.17, 15) is 5.26 Å². The van der Waals surface area contributed by atoms with Crippen LogP contribution in [0.25, 0.3) is 0 Å². The van der Waals surface area contributed by atoms with Crippen LogP contribution in [-0.2, 0) is 6.54 Å². The van der Waals surface area contributed by atoms with E-state index in [1.807, 2.05) is 30.3 Å². The van der Waals surface area contributed by atoms with Crippen LogP contribution < -0.4 is 10.6 Å². The normalized spacial score (nSPS) is 13.8. The first kappa shape index (κ1) is 12.5. The maximum absolute atomic E-state index is 9.25. The Morgan fingerprint density at radius 3 is 2.75 bits per heavy atom. The zero-order valence-corrected chi connectivity index (χ0v) is 11.2. The number of anilines is 2. The molecule has 2 N–H and O–H groups in total. The third-order valence-electron chi connectivity index (χ3n) is 3.56. The molecule has 1 heterocycles. The topological polar surface area (TPSA) is 65.9 Å². The summed E-state index contributed by atoms with van der Waals surface area (Å²) in [6.07, 6.45) is 4.03. The van der Waals surface area contributed by atoms with Crippen molar-refractivity contribution in [2.24, 2.45) is 0 Å². The van der Waals surface area contributed by atoms with Gasteiger partial charge in [0, 0.05) is 24.5 Å². The summed E-state index contributed by atoms with van der Waals surface area (Å²) in [5.74, 6) is 0.765. The minimum atomic E-state index is 0.469. The first-order chi connectivity index (χ1) is 9.79. The molecule has 4 nitrogen and oxygen atoms in total. The van der Waals surface area contributed by atoms with Gasteiger partial charge in [-0.05, 0) is 36.6 Å². The van der Waals surface area contributed by atoms with Crippen LogP contribution in [0.2, 0.25) is 0 Å². The molecule has 1 aromatic carbocycles. The van der Waals surface area contributed by atoms with E-state index in [0.717, 1.165) is 29.9 Å². The molecule has 1 aliphatic rings. The van der Waals surface area contributed by atoms with Gasteiger partial charge in [-0.3, -0.25) is 0 Å². The number of nitrogen functional groups attached to an aromatic ring is 1. The molecule has 0 aliphatic heterocycles. The standard InChI is InChI=1S/C16H16N4/c17-10-12-5-3-9-19-16(12)20(14-7-8-14)11-13-4-1-2-6-15(13)18/h1-6,9,14H,7-8,11,18H2. The second-order valence-electron chi connectivity index (χ2n) is 5.04. The Balaban J connectivity index is 1.94. The van der Waals surface area contributed by atoms with Crippen molar-refractivity contribution >= 4 is 11.5 Å². The average Bonchev–Trinajstić information content (AvgIpc) is 3.31. The van der Waals surface area contributed by atoms with E-state index in [2.05, 4.69) is 16.0 Å². The van der Waals surface area contributed by atoms with Crippen LogP contribution in [0, 0.1) is 11.3 Å². The lowest BCUT2D eigenvalue weighted by molar-refractivity contribution is 0.778. The molecule has 3 rings (SSSR count). The smallest absolute Gasteiger partial charge is 0.147 e. The van der Waals surface area contributed by atoms with Gasteiger partial charge < -0.3 is 10.6 Å².